The van der Waals surface area contributed by atoms with Gasteiger partial charge in [-0.3, -0.25) is 9.89 Å². The van der Waals surface area contributed by atoms with Crippen LogP contribution in [-0.4, -0.2) is 28.4 Å². The SMILES string of the molecule is COc1cc(CC(=O)Nc2cc(C3CCCC3)[nH]n2)on1. The molecule has 112 valence electrons. The van der Waals surface area contributed by atoms with Crippen LogP contribution in [0.4, 0.5) is 5.82 Å². The van der Waals surface area contributed by atoms with Crippen molar-refractivity contribution in [3.05, 3.63) is 23.6 Å². The lowest BCUT2D eigenvalue weighted by molar-refractivity contribution is -0.115. The maximum atomic E-state index is 11.9. The predicted octanol–water partition coefficient (Wildman–Crippen LogP) is 2.25. The number of carbonyl (C=O) groups is 1. The number of H-pyrrole nitrogens is 1. The minimum Gasteiger partial charge on any atom is -0.479 e. The number of aromatic amines is 1. The van der Waals surface area contributed by atoms with E-state index in [1.807, 2.05) is 6.07 Å². The molecule has 0 bridgehead atoms. The lowest BCUT2D eigenvalue weighted by Gasteiger charge is -2.03. The van der Waals surface area contributed by atoms with E-state index < -0.39 is 0 Å². The molecule has 0 saturated heterocycles. The van der Waals surface area contributed by atoms with Crippen LogP contribution in [0.15, 0.2) is 16.7 Å². The third-order valence-electron chi connectivity index (χ3n) is 3.74. The number of ether oxygens (including phenoxy) is 1. The molecule has 7 nitrogen and oxygen atoms in total. The Morgan fingerprint density at radius 2 is 2.29 bits per heavy atom. The first-order chi connectivity index (χ1) is 10.2. The maximum Gasteiger partial charge on any atom is 0.254 e. The molecule has 0 unspecified atom stereocenters. The van der Waals surface area contributed by atoms with Gasteiger partial charge in [-0.25, -0.2) is 0 Å². The van der Waals surface area contributed by atoms with Crippen LogP contribution in [0.5, 0.6) is 5.88 Å². The molecule has 21 heavy (non-hydrogen) atoms. The highest BCUT2D eigenvalue weighted by atomic mass is 16.5. The van der Waals surface area contributed by atoms with Gasteiger partial charge in [0.1, 0.15) is 5.76 Å². The van der Waals surface area contributed by atoms with Crippen molar-refractivity contribution in [1.82, 2.24) is 15.4 Å². The van der Waals surface area contributed by atoms with Gasteiger partial charge in [-0.05, 0) is 18.0 Å². The lowest BCUT2D eigenvalue weighted by atomic mass is 10.0. The molecule has 2 aromatic heterocycles. The summed E-state index contributed by atoms with van der Waals surface area (Å²) in [4.78, 5) is 11.9. The highest BCUT2D eigenvalue weighted by Gasteiger charge is 2.19. The Hall–Kier alpha value is -2.31. The Balaban J connectivity index is 1.57. The summed E-state index contributed by atoms with van der Waals surface area (Å²) in [7, 11) is 1.50. The Bertz CT molecular complexity index is 613. The number of nitrogens with one attached hydrogen (secondary N) is 2. The number of carbonyl (C=O) groups excluding carboxylic acids is 1. The van der Waals surface area contributed by atoms with Crippen molar-refractivity contribution in [3.8, 4) is 5.88 Å². The molecule has 0 aliphatic heterocycles. The number of rotatable bonds is 5. The van der Waals surface area contributed by atoms with Crippen LogP contribution in [0.3, 0.4) is 0 Å². The summed E-state index contributed by atoms with van der Waals surface area (Å²) in [5.74, 6) is 1.71. The molecule has 1 saturated carbocycles. The van der Waals surface area contributed by atoms with Crippen molar-refractivity contribution >= 4 is 11.7 Å². The topological polar surface area (TPSA) is 93.0 Å². The third-order valence-corrected chi connectivity index (χ3v) is 3.74. The molecule has 0 radical (unpaired) electrons. The molecule has 0 aromatic carbocycles. The average molecular weight is 290 g/mol. The number of hydrogen-bond acceptors (Lipinski definition) is 5. The third kappa shape index (κ3) is 3.24. The van der Waals surface area contributed by atoms with E-state index in [1.165, 1.54) is 32.8 Å². The van der Waals surface area contributed by atoms with Gasteiger partial charge in [-0.1, -0.05) is 12.8 Å². The van der Waals surface area contributed by atoms with Crippen molar-refractivity contribution in [2.45, 2.75) is 38.0 Å². The Labute approximate surface area is 122 Å². The molecule has 0 atom stereocenters. The van der Waals surface area contributed by atoms with E-state index in [0.29, 0.717) is 23.4 Å². The summed E-state index contributed by atoms with van der Waals surface area (Å²) >= 11 is 0. The van der Waals surface area contributed by atoms with Gasteiger partial charge in [-0.15, -0.1) is 0 Å². The molecular weight excluding hydrogens is 272 g/mol. The lowest BCUT2D eigenvalue weighted by Crippen LogP contribution is -2.14. The zero-order valence-electron chi connectivity index (χ0n) is 11.9. The van der Waals surface area contributed by atoms with E-state index in [-0.39, 0.29) is 12.3 Å². The second kappa shape index (κ2) is 5.99. The Kier molecular flexibility index (Phi) is 3.89. The molecule has 0 spiro atoms. The summed E-state index contributed by atoms with van der Waals surface area (Å²) in [6, 6.07) is 3.50. The van der Waals surface area contributed by atoms with Gasteiger partial charge < -0.3 is 14.6 Å². The van der Waals surface area contributed by atoms with Crippen LogP contribution in [0.2, 0.25) is 0 Å². The molecule has 1 aliphatic carbocycles. The smallest absolute Gasteiger partial charge is 0.254 e. The average Bonchev–Trinajstić information content (AvgIpc) is 3.19. The summed E-state index contributed by atoms with van der Waals surface area (Å²) in [6.07, 6.45) is 5.00. The number of aromatic nitrogens is 3. The van der Waals surface area contributed by atoms with Gasteiger partial charge in [0.05, 0.1) is 13.5 Å². The van der Waals surface area contributed by atoms with Gasteiger partial charge in [0.2, 0.25) is 5.91 Å². The number of nitrogens with zero attached hydrogens (tertiary/aromatic N) is 2. The van der Waals surface area contributed by atoms with E-state index in [1.54, 1.807) is 6.07 Å². The zero-order chi connectivity index (χ0) is 14.7. The zero-order valence-corrected chi connectivity index (χ0v) is 11.9. The van der Waals surface area contributed by atoms with Gasteiger partial charge in [0.15, 0.2) is 5.82 Å². The van der Waals surface area contributed by atoms with Gasteiger partial charge in [0.25, 0.3) is 5.88 Å². The van der Waals surface area contributed by atoms with Crippen LogP contribution in [-0.2, 0) is 11.2 Å². The van der Waals surface area contributed by atoms with Crippen molar-refractivity contribution < 1.29 is 14.1 Å². The standard InChI is InChI=1S/C14H18N4O3/c1-20-14-7-10(21-18-14)6-13(19)15-12-8-11(16-17-12)9-4-2-3-5-9/h7-9H,2-6H2,1H3,(H2,15,16,17,19). The van der Waals surface area contributed by atoms with Crippen LogP contribution in [0, 0.1) is 0 Å². The molecule has 1 fully saturated rings. The minimum atomic E-state index is -0.196. The number of methoxy groups -OCH3 is 1. The predicted molar refractivity (Wildman–Crippen MR) is 75.2 cm³/mol. The fourth-order valence-electron chi connectivity index (χ4n) is 2.67. The molecule has 3 rings (SSSR count). The van der Waals surface area contributed by atoms with E-state index in [2.05, 4.69) is 20.7 Å². The van der Waals surface area contributed by atoms with E-state index in [4.69, 9.17) is 9.26 Å². The molecule has 1 aliphatic rings. The second-order valence-corrected chi connectivity index (χ2v) is 5.25. The van der Waals surface area contributed by atoms with Crippen LogP contribution >= 0.6 is 0 Å². The van der Waals surface area contributed by atoms with Crippen molar-refractivity contribution in [1.29, 1.82) is 0 Å². The summed E-state index contributed by atoms with van der Waals surface area (Å²) < 4.78 is 9.89. The number of amides is 1. The normalized spacial score (nSPS) is 15.3. The van der Waals surface area contributed by atoms with E-state index in [9.17, 15) is 4.79 Å². The first kappa shape index (κ1) is 13.7. The molecule has 2 aromatic rings. The number of anilines is 1. The summed E-state index contributed by atoms with van der Waals surface area (Å²) in [5, 5.41) is 13.5. The van der Waals surface area contributed by atoms with Crippen molar-refractivity contribution in [3.63, 3.8) is 0 Å². The molecule has 1 amide bonds. The van der Waals surface area contributed by atoms with Crippen LogP contribution in [0.25, 0.3) is 0 Å². The van der Waals surface area contributed by atoms with E-state index >= 15 is 0 Å². The van der Waals surface area contributed by atoms with Gasteiger partial charge >= 0.3 is 0 Å². The summed E-state index contributed by atoms with van der Waals surface area (Å²) in [6.45, 7) is 0. The largest absolute Gasteiger partial charge is 0.479 e. The first-order valence-electron chi connectivity index (χ1n) is 7.09. The minimum absolute atomic E-state index is 0.0992. The first-order valence-corrected chi connectivity index (χ1v) is 7.09. The van der Waals surface area contributed by atoms with Crippen molar-refractivity contribution in [2.75, 3.05) is 12.4 Å². The highest BCUT2D eigenvalue weighted by Crippen LogP contribution is 2.33. The van der Waals surface area contributed by atoms with Crippen LogP contribution in [0.1, 0.15) is 43.1 Å². The molecule has 2 N–H and O–H groups in total. The van der Waals surface area contributed by atoms with Crippen molar-refractivity contribution in [2.24, 2.45) is 0 Å². The monoisotopic (exact) mass is 290 g/mol. The summed E-state index contributed by atoms with van der Waals surface area (Å²) in [5.41, 5.74) is 1.10. The number of hydrogen-bond donors (Lipinski definition) is 2. The maximum absolute atomic E-state index is 11.9. The molecule has 7 heteroatoms. The van der Waals surface area contributed by atoms with E-state index in [0.717, 1.165) is 5.69 Å². The Morgan fingerprint density at radius 3 is 3.00 bits per heavy atom. The van der Waals surface area contributed by atoms with Gasteiger partial charge in [-0.2, -0.15) is 5.10 Å². The fraction of sp³-hybridized carbons (Fsp3) is 0.500. The highest BCUT2D eigenvalue weighted by molar-refractivity contribution is 5.91. The molecular formula is C14H18N4O3. The fourth-order valence-corrected chi connectivity index (χ4v) is 2.67. The van der Waals surface area contributed by atoms with Crippen LogP contribution < -0.4 is 10.1 Å². The quantitative estimate of drug-likeness (QED) is 0.881. The second-order valence-electron chi connectivity index (χ2n) is 5.25. The molecule has 2 heterocycles. The Morgan fingerprint density at radius 1 is 1.48 bits per heavy atom. The van der Waals surface area contributed by atoms with Gasteiger partial charge in [0, 0.05) is 23.7 Å².